The molecule has 7 aromatic carbocycles. The van der Waals surface area contributed by atoms with Crippen LogP contribution in [0.4, 0.5) is 0 Å². The van der Waals surface area contributed by atoms with Crippen molar-refractivity contribution in [3.63, 3.8) is 0 Å². The van der Waals surface area contributed by atoms with E-state index in [0.29, 0.717) is 5.95 Å². The van der Waals surface area contributed by atoms with Gasteiger partial charge in [-0.15, -0.1) is 0 Å². The number of nitrogens with zero attached hydrogens (tertiary/aromatic N) is 4. The van der Waals surface area contributed by atoms with Crippen LogP contribution in [0.5, 0.6) is 0 Å². The van der Waals surface area contributed by atoms with Crippen molar-refractivity contribution in [3.8, 4) is 34.2 Å². The van der Waals surface area contributed by atoms with Gasteiger partial charge in [-0.05, 0) is 54.6 Å². The molecule has 11 rings (SSSR count). The van der Waals surface area contributed by atoms with Crippen LogP contribution >= 0.6 is 0 Å². The highest BCUT2D eigenvalue weighted by molar-refractivity contribution is 6.33. The second-order valence-electron chi connectivity index (χ2n) is 13.0. The Bertz CT molecular complexity index is 3060. The van der Waals surface area contributed by atoms with Gasteiger partial charge in [-0.1, -0.05) is 115 Å². The van der Waals surface area contributed by atoms with Crippen LogP contribution in [-0.2, 0) is 0 Å². The molecular weight excluding hydrogens is 625 g/mol. The van der Waals surface area contributed by atoms with E-state index in [1.165, 1.54) is 16.2 Å². The summed E-state index contributed by atoms with van der Waals surface area (Å²) in [4.78, 5) is 10.5. The van der Waals surface area contributed by atoms with E-state index in [4.69, 9.17) is 14.4 Å². The average molecular weight is 653 g/mol. The average Bonchev–Trinajstić information content (AvgIpc) is 3.86. The molecule has 11 aromatic rings. The fourth-order valence-corrected chi connectivity index (χ4v) is 7.97. The number of aromatic nitrogens is 4. The predicted octanol–water partition coefficient (Wildman–Crippen LogP) is 11.9. The first-order valence-electron chi connectivity index (χ1n) is 17.2. The largest absolute Gasteiger partial charge is 0.456 e. The Morgan fingerprint density at radius 2 is 0.961 bits per heavy atom. The van der Waals surface area contributed by atoms with E-state index in [1.54, 1.807) is 0 Å². The number of furan rings is 1. The van der Waals surface area contributed by atoms with Crippen molar-refractivity contribution in [2.75, 3.05) is 0 Å². The van der Waals surface area contributed by atoms with Gasteiger partial charge in [0.1, 0.15) is 11.2 Å². The van der Waals surface area contributed by atoms with E-state index >= 15 is 0 Å². The van der Waals surface area contributed by atoms with E-state index in [-0.39, 0.29) is 0 Å². The van der Waals surface area contributed by atoms with Gasteiger partial charge in [-0.2, -0.15) is 0 Å². The standard InChI is InChI=1S/C46H28N4O/c1-4-14-29(15-5-1)35-28-36(30-16-6-2-7-17-30)48-46(47-35)50-37-22-12-10-20-32(37)42-39(50)26-25-38-43(42)34-24-27-41-44(33-21-11-13-23-40(33)51-41)45(34)49(38)31-18-8-3-9-19-31/h1-28H. The summed E-state index contributed by atoms with van der Waals surface area (Å²) in [5.41, 5.74) is 11.1. The maximum absolute atomic E-state index is 6.43. The Morgan fingerprint density at radius 1 is 0.392 bits per heavy atom. The van der Waals surface area contributed by atoms with Crippen LogP contribution in [0, 0.1) is 0 Å². The molecule has 238 valence electrons. The molecule has 0 saturated carbocycles. The van der Waals surface area contributed by atoms with Gasteiger partial charge >= 0.3 is 0 Å². The Kier molecular flexibility index (Phi) is 5.89. The Hall–Kier alpha value is -6.98. The van der Waals surface area contributed by atoms with Gasteiger partial charge in [-0.25, -0.2) is 9.97 Å². The molecule has 0 fully saturated rings. The van der Waals surface area contributed by atoms with Crippen LogP contribution in [0.25, 0.3) is 99.7 Å². The number of hydrogen-bond donors (Lipinski definition) is 0. The summed E-state index contributed by atoms with van der Waals surface area (Å²) in [6, 6.07) is 59.3. The third-order valence-corrected chi connectivity index (χ3v) is 10.1. The molecule has 0 bridgehead atoms. The normalized spacial score (nSPS) is 11.9. The van der Waals surface area contributed by atoms with Crippen LogP contribution < -0.4 is 0 Å². The molecule has 4 heterocycles. The molecule has 0 atom stereocenters. The minimum absolute atomic E-state index is 0.635. The van der Waals surface area contributed by atoms with Gasteiger partial charge in [0.25, 0.3) is 0 Å². The van der Waals surface area contributed by atoms with E-state index in [0.717, 1.165) is 77.6 Å². The van der Waals surface area contributed by atoms with Gasteiger partial charge in [0, 0.05) is 43.7 Å². The number of rotatable bonds is 4. The summed E-state index contributed by atoms with van der Waals surface area (Å²) in [5.74, 6) is 0.635. The molecule has 0 aliphatic heterocycles. The summed E-state index contributed by atoms with van der Waals surface area (Å²) in [6.45, 7) is 0. The quantitative estimate of drug-likeness (QED) is 0.190. The second-order valence-corrected chi connectivity index (χ2v) is 13.0. The fourth-order valence-electron chi connectivity index (χ4n) is 7.97. The monoisotopic (exact) mass is 652 g/mol. The molecule has 0 saturated heterocycles. The molecule has 0 aliphatic rings. The fraction of sp³-hybridized carbons (Fsp3) is 0. The first-order chi connectivity index (χ1) is 25.3. The lowest BCUT2D eigenvalue weighted by atomic mass is 10.0. The van der Waals surface area contributed by atoms with Crippen LogP contribution in [0.15, 0.2) is 174 Å². The van der Waals surface area contributed by atoms with Crippen molar-refractivity contribution in [2.45, 2.75) is 0 Å². The van der Waals surface area contributed by atoms with E-state index in [1.807, 2.05) is 18.2 Å². The number of para-hydroxylation sites is 3. The lowest BCUT2D eigenvalue weighted by Crippen LogP contribution is -2.04. The van der Waals surface area contributed by atoms with Gasteiger partial charge in [0.05, 0.1) is 38.8 Å². The zero-order chi connectivity index (χ0) is 33.5. The molecule has 5 heteroatoms. The number of fused-ring (bicyclic) bond motifs is 11. The highest BCUT2D eigenvalue weighted by Crippen LogP contribution is 2.45. The second kappa shape index (κ2) is 10.8. The molecule has 5 nitrogen and oxygen atoms in total. The van der Waals surface area contributed by atoms with E-state index < -0.39 is 0 Å². The van der Waals surface area contributed by atoms with Crippen molar-refractivity contribution in [1.29, 1.82) is 0 Å². The van der Waals surface area contributed by atoms with Crippen LogP contribution in [0.2, 0.25) is 0 Å². The summed E-state index contributed by atoms with van der Waals surface area (Å²) in [5, 5.41) is 6.91. The van der Waals surface area contributed by atoms with Crippen LogP contribution in [0.1, 0.15) is 0 Å². The SMILES string of the molecule is c1ccc(-c2cc(-c3ccccc3)nc(-n3c4ccccc4c4c5c6ccc7oc8ccccc8c7c6n(-c6ccccc6)c5ccc43)n2)cc1. The summed E-state index contributed by atoms with van der Waals surface area (Å²) < 4.78 is 11.1. The van der Waals surface area contributed by atoms with Gasteiger partial charge < -0.3 is 8.98 Å². The molecule has 4 aromatic heterocycles. The third kappa shape index (κ3) is 4.09. The van der Waals surface area contributed by atoms with Crippen molar-refractivity contribution in [2.24, 2.45) is 0 Å². The number of benzene rings is 7. The van der Waals surface area contributed by atoms with Gasteiger partial charge in [-0.3, -0.25) is 4.57 Å². The molecule has 51 heavy (non-hydrogen) atoms. The lowest BCUT2D eigenvalue weighted by Gasteiger charge is -2.12. The zero-order valence-electron chi connectivity index (χ0n) is 27.4. The predicted molar refractivity (Wildman–Crippen MR) is 209 cm³/mol. The minimum atomic E-state index is 0.635. The van der Waals surface area contributed by atoms with Crippen molar-refractivity contribution < 1.29 is 4.42 Å². The van der Waals surface area contributed by atoms with Gasteiger partial charge in [0.2, 0.25) is 5.95 Å². The van der Waals surface area contributed by atoms with E-state index in [2.05, 4.69) is 161 Å². The summed E-state index contributed by atoms with van der Waals surface area (Å²) in [7, 11) is 0. The third-order valence-electron chi connectivity index (χ3n) is 10.1. The molecule has 0 radical (unpaired) electrons. The Morgan fingerprint density at radius 3 is 1.67 bits per heavy atom. The topological polar surface area (TPSA) is 48.8 Å². The maximum Gasteiger partial charge on any atom is 0.235 e. The Labute approximate surface area is 292 Å². The molecule has 0 amide bonds. The molecular formula is C46H28N4O. The molecule has 0 unspecified atom stereocenters. The summed E-state index contributed by atoms with van der Waals surface area (Å²) >= 11 is 0. The van der Waals surface area contributed by atoms with Gasteiger partial charge in [0.15, 0.2) is 0 Å². The summed E-state index contributed by atoms with van der Waals surface area (Å²) in [6.07, 6.45) is 0. The highest BCUT2D eigenvalue weighted by Gasteiger charge is 2.24. The maximum atomic E-state index is 6.43. The van der Waals surface area contributed by atoms with Crippen molar-refractivity contribution in [1.82, 2.24) is 19.1 Å². The van der Waals surface area contributed by atoms with Crippen molar-refractivity contribution >= 4 is 65.6 Å². The first kappa shape index (κ1) is 27.9. The minimum Gasteiger partial charge on any atom is -0.456 e. The molecule has 0 N–H and O–H groups in total. The first-order valence-corrected chi connectivity index (χ1v) is 17.2. The van der Waals surface area contributed by atoms with Crippen LogP contribution in [-0.4, -0.2) is 19.1 Å². The smallest absolute Gasteiger partial charge is 0.235 e. The van der Waals surface area contributed by atoms with Crippen LogP contribution in [0.3, 0.4) is 0 Å². The number of hydrogen-bond acceptors (Lipinski definition) is 3. The van der Waals surface area contributed by atoms with E-state index in [9.17, 15) is 0 Å². The van der Waals surface area contributed by atoms with Crippen molar-refractivity contribution in [3.05, 3.63) is 170 Å². The molecule has 0 spiro atoms. The Balaban J connectivity index is 1.30. The lowest BCUT2D eigenvalue weighted by molar-refractivity contribution is 0.669. The molecule has 0 aliphatic carbocycles. The zero-order valence-corrected chi connectivity index (χ0v) is 27.4. The highest BCUT2D eigenvalue weighted by atomic mass is 16.3.